The highest BCUT2D eigenvalue weighted by atomic mass is 16.5. The van der Waals surface area contributed by atoms with E-state index in [0.29, 0.717) is 18.1 Å². The first-order chi connectivity index (χ1) is 5.61. The molecule has 1 rings (SSSR count). The van der Waals surface area contributed by atoms with Crippen LogP contribution in [0.15, 0.2) is 10.7 Å². The summed E-state index contributed by atoms with van der Waals surface area (Å²) in [6, 6.07) is 0. The molecule has 0 saturated heterocycles. The zero-order chi connectivity index (χ0) is 9.14. The van der Waals surface area contributed by atoms with E-state index >= 15 is 0 Å². The van der Waals surface area contributed by atoms with Crippen LogP contribution in [0.25, 0.3) is 0 Å². The average Bonchev–Trinajstić information content (AvgIpc) is 2.33. The molecule has 0 saturated carbocycles. The summed E-state index contributed by atoms with van der Waals surface area (Å²) in [7, 11) is 0. The Balaban J connectivity index is 2.72. The Hall–Kier alpha value is -1.12. The van der Waals surface area contributed by atoms with Crippen molar-refractivity contribution in [2.24, 2.45) is 5.92 Å². The first-order valence-electron chi connectivity index (χ1n) is 4.05. The van der Waals surface area contributed by atoms with E-state index < -0.39 is 0 Å². The number of hydrogen-bond donors (Lipinski definition) is 0. The van der Waals surface area contributed by atoms with Gasteiger partial charge in [-0.3, -0.25) is 4.79 Å². The van der Waals surface area contributed by atoms with Gasteiger partial charge in [0, 0.05) is 12.0 Å². The van der Waals surface area contributed by atoms with Gasteiger partial charge in [0.2, 0.25) is 11.5 Å². The van der Waals surface area contributed by atoms with E-state index in [0.717, 1.165) is 5.56 Å². The average molecular weight is 167 g/mol. The number of aromatic nitrogens is 1. The van der Waals surface area contributed by atoms with E-state index in [1.165, 1.54) is 0 Å². The van der Waals surface area contributed by atoms with Gasteiger partial charge in [-0.2, -0.15) is 0 Å². The van der Waals surface area contributed by atoms with Crippen LogP contribution in [0.3, 0.4) is 0 Å². The van der Waals surface area contributed by atoms with Crippen LogP contribution in [-0.2, 0) is 0 Å². The fraction of sp³-hybridized carbons (Fsp3) is 0.556. The highest BCUT2D eigenvalue weighted by Gasteiger charge is 2.14. The van der Waals surface area contributed by atoms with Gasteiger partial charge in [0.15, 0.2) is 0 Å². The van der Waals surface area contributed by atoms with Crippen LogP contribution in [0.5, 0.6) is 0 Å². The summed E-state index contributed by atoms with van der Waals surface area (Å²) in [5, 5.41) is 3.55. The van der Waals surface area contributed by atoms with Crippen LogP contribution in [-0.4, -0.2) is 10.9 Å². The lowest BCUT2D eigenvalue weighted by Crippen LogP contribution is -2.03. The van der Waals surface area contributed by atoms with Crippen molar-refractivity contribution in [1.82, 2.24) is 5.16 Å². The number of rotatable bonds is 3. The monoisotopic (exact) mass is 167 g/mol. The summed E-state index contributed by atoms with van der Waals surface area (Å²) in [6.45, 7) is 5.83. The fourth-order valence-corrected chi connectivity index (χ4v) is 1.02. The third-order valence-corrected chi connectivity index (χ3v) is 1.60. The Labute approximate surface area is 71.7 Å². The van der Waals surface area contributed by atoms with Crippen molar-refractivity contribution < 1.29 is 9.32 Å². The summed E-state index contributed by atoms with van der Waals surface area (Å²) in [4.78, 5) is 11.4. The van der Waals surface area contributed by atoms with Crippen molar-refractivity contribution in [2.45, 2.75) is 27.2 Å². The van der Waals surface area contributed by atoms with Crippen LogP contribution in [0.2, 0.25) is 0 Å². The molecule has 12 heavy (non-hydrogen) atoms. The maximum absolute atomic E-state index is 11.4. The van der Waals surface area contributed by atoms with Gasteiger partial charge in [-0.1, -0.05) is 19.0 Å². The SMILES string of the molecule is Cc1cnoc1C(=O)CC(C)C. The van der Waals surface area contributed by atoms with Crippen molar-refractivity contribution in [3.8, 4) is 0 Å². The predicted molar refractivity (Wildman–Crippen MR) is 45.0 cm³/mol. The van der Waals surface area contributed by atoms with E-state index in [9.17, 15) is 4.79 Å². The predicted octanol–water partition coefficient (Wildman–Crippen LogP) is 2.21. The molecule has 0 bridgehead atoms. The highest BCUT2D eigenvalue weighted by molar-refractivity contribution is 5.94. The molecule has 0 aliphatic carbocycles. The maximum atomic E-state index is 11.4. The van der Waals surface area contributed by atoms with Gasteiger partial charge < -0.3 is 4.52 Å². The molecule has 0 amide bonds. The van der Waals surface area contributed by atoms with Crippen LogP contribution in [0, 0.1) is 12.8 Å². The number of carbonyl (C=O) groups is 1. The molecule has 0 aliphatic rings. The second kappa shape index (κ2) is 3.52. The number of hydrogen-bond acceptors (Lipinski definition) is 3. The van der Waals surface area contributed by atoms with Crippen LogP contribution in [0.1, 0.15) is 36.4 Å². The molecular formula is C9H13NO2. The molecule has 0 spiro atoms. The lowest BCUT2D eigenvalue weighted by Gasteiger charge is -2.00. The molecule has 1 aromatic heterocycles. The van der Waals surface area contributed by atoms with Crippen molar-refractivity contribution >= 4 is 5.78 Å². The largest absolute Gasteiger partial charge is 0.353 e. The Morgan fingerprint density at radius 2 is 2.33 bits per heavy atom. The first-order valence-corrected chi connectivity index (χ1v) is 4.05. The molecule has 3 heteroatoms. The van der Waals surface area contributed by atoms with Gasteiger partial charge in [-0.15, -0.1) is 0 Å². The molecule has 3 nitrogen and oxygen atoms in total. The van der Waals surface area contributed by atoms with Crippen molar-refractivity contribution in [2.75, 3.05) is 0 Å². The Bertz CT molecular complexity index is 276. The lowest BCUT2D eigenvalue weighted by atomic mass is 10.0. The second-order valence-corrected chi connectivity index (χ2v) is 3.36. The van der Waals surface area contributed by atoms with Crippen LogP contribution >= 0.6 is 0 Å². The lowest BCUT2D eigenvalue weighted by molar-refractivity contribution is 0.0930. The summed E-state index contributed by atoms with van der Waals surface area (Å²) in [5.74, 6) is 0.811. The number of aryl methyl sites for hydroxylation is 1. The van der Waals surface area contributed by atoms with E-state index in [-0.39, 0.29) is 5.78 Å². The second-order valence-electron chi connectivity index (χ2n) is 3.36. The third-order valence-electron chi connectivity index (χ3n) is 1.60. The minimum atomic E-state index is 0.0417. The third kappa shape index (κ3) is 1.94. The Morgan fingerprint density at radius 3 is 2.75 bits per heavy atom. The molecule has 66 valence electrons. The van der Waals surface area contributed by atoms with Crippen molar-refractivity contribution in [1.29, 1.82) is 0 Å². The number of nitrogens with zero attached hydrogens (tertiary/aromatic N) is 1. The molecule has 0 unspecified atom stereocenters. The molecule has 0 N–H and O–H groups in total. The van der Waals surface area contributed by atoms with Crippen LogP contribution in [0.4, 0.5) is 0 Å². The number of carbonyl (C=O) groups excluding carboxylic acids is 1. The minimum absolute atomic E-state index is 0.0417. The van der Waals surface area contributed by atoms with Crippen molar-refractivity contribution in [3.63, 3.8) is 0 Å². The Morgan fingerprint density at radius 1 is 1.67 bits per heavy atom. The summed E-state index contributed by atoms with van der Waals surface area (Å²) < 4.78 is 4.83. The Kier molecular flexibility index (Phi) is 2.63. The summed E-state index contributed by atoms with van der Waals surface area (Å²) >= 11 is 0. The molecule has 0 radical (unpaired) electrons. The zero-order valence-electron chi connectivity index (χ0n) is 7.63. The van der Waals surface area contributed by atoms with Crippen molar-refractivity contribution in [3.05, 3.63) is 17.5 Å². The van der Waals surface area contributed by atoms with Gasteiger partial charge >= 0.3 is 0 Å². The fourth-order valence-electron chi connectivity index (χ4n) is 1.02. The van der Waals surface area contributed by atoms with Gasteiger partial charge in [0.25, 0.3) is 0 Å². The minimum Gasteiger partial charge on any atom is -0.353 e. The van der Waals surface area contributed by atoms with Crippen LogP contribution < -0.4 is 0 Å². The van der Waals surface area contributed by atoms with Gasteiger partial charge in [-0.25, -0.2) is 0 Å². The molecular weight excluding hydrogens is 154 g/mol. The number of Topliss-reactive ketones (excluding diaryl/α,β-unsaturated/α-hetero) is 1. The molecule has 0 atom stereocenters. The van der Waals surface area contributed by atoms with E-state index in [1.54, 1.807) is 6.20 Å². The topological polar surface area (TPSA) is 43.1 Å². The molecule has 0 fully saturated rings. The van der Waals surface area contributed by atoms with Gasteiger partial charge in [-0.05, 0) is 12.8 Å². The highest BCUT2D eigenvalue weighted by Crippen LogP contribution is 2.12. The normalized spacial score (nSPS) is 10.7. The standard InChI is InChI=1S/C9H13NO2/c1-6(2)4-8(11)9-7(3)5-10-12-9/h5-6H,4H2,1-3H3. The molecule has 0 aliphatic heterocycles. The van der Waals surface area contributed by atoms with E-state index in [4.69, 9.17) is 4.52 Å². The molecule has 1 aromatic rings. The van der Waals surface area contributed by atoms with E-state index in [1.807, 2.05) is 20.8 Å². The van der Waals surface area contributed by atoms with E-state index in [2.05, 4.69) is 5.16 Å². The van der Waals surface area contributed by atoms with Gasteiger partial charge in [0.1, 0.15) is 0 Å². The summed E-state index contributed by atoms with van der Waals surface area (Å²) in [6.07, 6.45) is 2.09. The first kappa shape index (κ1) is 8.97. The molecule has 0 aromatic carbocycles. The molecule has 1 heterocycles. The number of ketones is 1. The quantitative estimate of drug-likeness (QED) is 0.648. The summed E-state index contributed by atoms with van der Waals surface area (Å²) in [5.41, 5.74) is 0.820. The van der Waals surface area contributed by atoms with Gasteiger partial charge in [0.05, 0.1) is 6.20 Å². The smallest absolute Gasteiger partial charge is 0.205 e. The zero-order valence-corrected chi connectivity index (χ0v) is 7.63. The maximum Gasteiger partial charge on any atom is 0.205 e.